The molecule has 2 aromatic carbocycles. The zero-order valence-corrected chi connectivity index (χ0v) is 18.8. The highest BCUT2D eigenvalue weighted by Crippen LogP contribution is 2.21. The van der Waals surface area contributed by atoms with Crippen molar-refractivity contribution in [3.8, 4) is 0 Å². The van der Waals surface area contributed by atoms with Crippen LogP contribution in [0.3, 0.4) is 0 Å². The van der Waals surface area contributed by atoms with E-state index in [9.17, 15) is 14.4 Å². The lowest BCUT2D eigenvalue weighted by Gasteiger charge is -2.22. The summed E-state index contributed by atoms with van der Waals surface area (Å²) in [5.74, 6) is -0.391. The summed E-state index contributed by atoms with van der Waals surface area (Å²) in [4.78, 5) is 36.6. The fourth-order valence-corrected chi connectivity index (χ4v) is 3.75. The maximum Gasteiger partial charge on any atom is 0.251 e. The van der Waals surface area contributed by atoms with Crippen molar-refractivity contribution < 1.29 is 14.4 Å². The SMILES string of the molecule is CCC(=O)Nc1cc(NCC(=O)Nc2cccc(C(=O)NC3CCCCC3)c2)ccc1C. The van der Waals surface area contributed by atoms with E-state index < -0.39 is 0 Å². The number of hydrogen-bond acceptors (Lipinski definition) is 4. The standard InChI is InChI=1S/C25H32N4O3/c1-3-23(30)29-22-15-20(13-12-17(22)2)26-16-24(31)27-21-11-7-8-18(14-21)25(32)28-19-9-5-4-6-10-19/h7-8,11-15,19,26H,3-6,9-10,16H2,1-2H3,(H,27,31)(H,28,32)(H,29,30). The van der Waals surface area contributed by atoms with Gasteiger partial charge in [-0.3, -0.25) is 14.4 Å². The van der Waals surface area contributed by atoms with Crippen LogP contribution in [0.4, 0.5) is 17.1 Å². The van der Waals surface area contributed by atoms with Gasteiger partial charge < -0.3 is 21.3 Å². The lowest BCUT2D eigenvalue weighted by atomic mass is 9.95. The third-order valence-corrected chi connectivity index (χ3v) is 5.63. The first-order valence-electron chi connectivity index (χ1n) is 11.3. The largest absolute Gasteiger partial charge is 0.376 e. The summed E-state index contributed by atoms with van der Waals surface area (Å²) in [5.41, 5.74) is 3.52. The number of rotatable bonds is 8. The Kier molecular flexibility index (Phi) is 8.25. The molecule has 0 heterocycles. The van der Waals surface area contributed by atoms with Gasteiger partial charge in [-0.15, -0.1) is 0 Å². The summed E-state index contributed by atoms with van der Waals surface area (Å²) in [6.07, 6.45) is 5.99. The lowest BCUT2D eigenvalue weighted by molar-refractivity contribution is -0.116. The molecule has 32 heavy (non-hydrogen) atoms. The number of aryl methyl sites for hydroxylation is 1. The van der Waals surface area contributed by atoms with Crippen LogP contribution in [0, 0.1) is 6.92 Å². The summed E-state index contributed by atoms with van der Waals surface area (Å²) in [5, 5.41) is 11.9. The van der Waals surface area contributed by atoms with Gasteiger partial charge in [-0.05, 0) is 55.7 Å². The fraction of sp³-hybridized carbons (Fsp3) is 0.400. The van der Waals surface area contributed by atoms with E-state index in [-0.39, 0.29) is 30.3 Å². The van der Waals surface area contributed by atoms with E-state index >= 15 is 0 Å². The topological polar surface area (TPSA) is 99.3 Å². The van der Waals surface area contributed by atoms with Gasteiger partial charge in [0.15, 0.2) is 0 Å². The van der Waals surface area contributed by atoms with E-state index in [0.29, 0.717) is 17.7 Å². The van der Waals surface area contributed by atoms with E-state index in [1.54, 1.807) is 31.2 Å². The van der Waals surface area contributed by atoms with Crippen LogP contribution in [0.2, 0.25) is 0 Å². The van der Waals surface area contributed by atoms with Crippen molar-refractivity contribution in [1.82, 2.24) is 5.32 Å². The lowest BCUT2D eigenvalue weighted by Crippen LogP contribution is -2.36. The average molecular weight is 437 g/mol. The first-order valence-corrected chi connectivity index (χ1v) is 11.3. The van der Waals surface area contributed by atoms with Gasteiger partial charge in [-0.2, -0.15) is 0 Å². The molecule has 0 radical (unpaired) electrons. The Morgan fingerprint density at radius 1 is 0.906 bits per heavy atom. The second kappa shape index (κ2) is 11.3. The Hall–Kier alpha value is -3.35. The van der Waals surface area contributed by atoms with Crippen LogP contribution in [0.5, 0.6) is 0 Å². The molecule has 3 rings (SSSR count). The van der Waals surface area contributed by atoms with Crippen molar-refractivity contribution in [3.05, 3.63) is 53.6 Å². The molecule has 2 aromatic rings. The zero-order valence-electron chi connectivity index (χ0n) is 18.8. The molecule has 0 bridgehead atoms. The van der Waals surface area contributed by atoms with Crippen LogP contribution in [0.1, 0.15) is 61.4 Å². The van der Waals surface area contributed by atoms with Crippen molar-refractivity contribution in [1.29, 1.82) is 0 Å². The van der Waals surface area contributed by atoms with Crippen LogP contribution in [-0.4, -0.2) is 30.3 Å². The van der Waals surface area contributed by atoms with E-state index in [1.807, 2.05) is 25.1 Å². The highest BCUT2D eigenvalue weighted by Gasteiger charge is 2.17. The first kappa shape index (κ1) is 23.3. The van der Waals surface area contributed by atoms with Crippen LogP contribution in [0.15, 0.2) is 42.5 Å². The molecule has 3 amide bonds. The zero-order chi connectivity index (χ0) is 22.9. The monoisotopic (exact) mass is 436 g/mol. The molecule has 7 heteroatoms. The van der Waals surface area contributed by atoms with Crippen LogP contribution >= 0.6 is 0 Å². The van der Waals surface area contributed by atoms with E-state index in [0.717, 1.165) is 42.6 Å². The third kappa shape index (κ3) is 6.83. The Morgan fingerprint density at radius 2 is 1.69 bits per heavy atom. The Morgan fingerprint density at radius 3 is 2.44 bits per heavy atom. The van der Waals surface area contributed by atoms with Gasteiger partial charge in [0.2, 0.25) is 11.8 Å². The van der Waals surface area contributed by atoms with E-state index in [2.05, 4.69) is 21.3 Å². The Labute approximate surface area is 189 Å². The Balaban J connectivity index is 1.54. The number of nitrogens with one attached hydrogen (secondary N) is 4. The quantitative estimate of drug-likeness (QED) is 0.491. The van der Waals surface area contributed by atoms with Crippen LogP contribution in [0.25, 0.3) is 0 Å². The van der Waals surface area contributed by atoms with Gasteiger partial charge in [-0.25, -0.2) is 0 Å². The summed E-state index contributed by atoms with van der Waals surface area (Å²) >= 11 is 0. The molecule has 0 atom stereocenters. The summed E-state index contributed by atoms with van der Waals surface area (Å²) in [6.45, 7) is 3.77. The number of carbonyl (C=O) groups is 3. The predicted molar refractivity (Wildman–Crippen MR) is 128 cm³/mol. The molecule has 4 N–H and O–H groups in total. The maximum absolute atomic E-state index is 12.6. The second-order valence-electron chi connectivity index (χ2n) is 8.22. The minimum absolute atomic E-state index is 0.0583. The molecular weight excluding hydrogens is 404 g/mol. The summed E-state index contributed by atoms with van der Waals surface area (Å²) in [7, 11) is 0. The van der Waals surface area contributed by atoms with Gasteiger partial charge in [-0.1, -0.05) is 38.3 Å². The number of carbonyl (C=O) groups excluding carboxylic acids is 3. The van der Waals surface area contributed by atoms with Gasteiger partial charge in [0, 0.05) is 35.1 Å². The summed E-state index contributed by atoms with van der Waals surface area (Å²) < 4.78 is 0. The molecule has 1 aliphatic rings. The maximum atomic E-state index is 12.6. The third-order valence-electron chi connectivity index (χ3n) is 5.63. The molecule has 7 nitrogen and oxygen atoms in total. The van der Waals surface area contributed by atoms with Crippen LogP contribution in [-0.2, 0) is 9.59 Å². The molecule has 0 saturated heterocycles. The predicted octanol–water partition coefficient (Wildman–Crippen LogP) is 4.46. The van der Waals surface area contributed by atoms with Gasteiger partial charge in [0.25, 0.3) is 5.91 Å². The smallest absolute Gasteiger partial charge is 0.251 e. The molecule has 0 spiro atoms. The van der Waals surface area contributed by atoms with Crippen molar-refractivity contribution in [2.75, 3.05) is 22.5 Å². The Bertz CT molecular complexity index is 967. The normalized spacial score (nSPS) is 13.8. The van der Waals surface area contributed by atoms with Crippen LogP contribution < -0.4 is 21.3 Å². The molecule has 0 aliphatic heterocycles. The molecular formula is C25H32N4O3. The molecule has 0 aromatic heterocycles. The first-order chi connectivity index (χ1) is 15.4. The fourth-order valence-electron chi connectivity index (χ4n) is 3.75. The van der Waals surface area contributed by atoms with Gasteiger partial charge >= 0.3 is 0 Å². The van der Waals surface area contributed by atoms with Crippen molar-refractivity contribution >= 4 is 34.8 Å². The molecule has 1 saturated carbocycles. The van der Waals surface area contributed by atoms with Crippen molar-refractivity contribution in [2.24, 2.45) is 0 Å². The number of hydrogen-bond donors (Lipinski definition) is 4. The number of benzene rings is 2. The second-order valence-corrected chi connectivity index (χ2v) is 8.22. The molecule has 0 unspecified atom stereocenters. The number of amides is 3. The highest BCUT2D eigenvalue weighted by atomic mass is 16.2. The van der Waals surface area contributed by atoms with E-state index in [4.69, 9.17) is 0 Å². The van der Waals surface area contributed by atoms with Gasteiger partial charge in [0.1, 0.15) is 0 Å². The molecule has 170 valence electrons. The molecule has 1 fully saturated rings. The highest BCUT2D eigenvalue weighted by molar-refractivity contribution is 5.98. The van der Waals surface area contributed by atoms with Gasteiger partial charge in [0.05, 0.1) is 6.54 Å². The minimum Gasteiger partial charge on any atom is -0.376 e. The van der Waals surface area contributed by atoms with Crippen molar-refractivity contribution in [2.45, 2.75) is 58.4 Å². The average Bonchev–Trinajstić information content (AvgIpc) is 2.80. The number of anilines is 3. The van der Waals surface area contributed by atoms with E-state index in [1.165, 1.54) is 6.42 Å². The summed E-state index contributed by atoms with van der Waals surface area (Å²) in [6, 6.07) is 12.8. The minimum atomic E-state index is -0.227. The van der Waals surface area contributed by atoms with Crippen molar-refractivity contribution in [3.63, 3.8) is 0 Å². The molecule has 1 aliphatic carbocycles.